The fourth-order valence-corrected chi connectivity index (χ4v) is 20.9. The number of nitrogens with zero attached hydrogens (tertiary/aromatic N) is 3. The Bertz CT molecular complexity index is 4850. The van der Waals surface area contributed by atoms with Gasteiger partial charge in [-0.05, 0) is 177 Å². The zero-order valence-corrected chi connectivity index (χ0v) is 60.4. The zero-order chi connectivity index (χ0) is 68.6. The fourth-order valence-electron chi connectivity index (χ4n) is 15.6. The van der Waals surface area contributed by atoms with Gasteiger partial charge >= 0.3 is 0 Å². The summed E-state index contributed by atoms with van der Waals surface area (Å²) in [5, 5.41) is 5.44. The van der Waals surface area contributed by atoms with Crippen LogP contribution in [0, 0.1) is 0 Å². The first-order chi connectivity index (χ1) is 47.6. The lowest BCUT2D eigenvalue weighted by Gasteiger charge is -2.48. The van der Waals surface area contributed by atoms with Crippen molar-refractivity contribution in [1.82, 2.24) is 0 Å². The molecule has 0 fully saturated rings. The van der Waals surface area contributed by atoms with Gasteiger partial charge in [0.15, 0.2) is 8.07 Å². The molecule has 0 radical (unpaired) electrons. The van der Waals surface area contributed by atoms with Crippen LogP contribution in [0.15, 0.2) is 315 Å². The predicted molar refractivity (Wildman–Crippen MR) is 430 cm³/mol. The van der Waals surface area contributed by atoms with E-state index in [1.54, 1.807) is 0 Å². The van der Waals surface area contributed by atoms with Crippen molar-refractivity contribution in [2.75, 3.05) is 14.7 Å². The normalized spacial score (nSPS) is 13.3. The lowest BCUT2D eigenvalue weighted by molar-refractivity contribution is 0.590. The van der Waals surface area contributed by atoms with Crippen LogP contribution in [0.3, 0.4) is 0 Å². The molecule has 0 aliphatic carbocycles. The third-order valence-electron chi connectivity index (χ3n) is 20.8. The second-order valence-corrected chi connectivity index (χ2v) is 35.1. The standard InChI is InChI=1S/C94H88BN3Si/c1-91(2,3)69-41-49-73(50-42-69)96(74-51-43-70(44-52-74)92(4,5)6)77-57-59-83-85(63-77)98(90-81(66-31-20-14-21-32-66)39-28-40-82(90)67-33-22-15-23-34-67)86-61-68(65-29-18-13-19-30-65)62-88-89(86)95(83)84-60-58-78(64-87(84)99(88,79-35-24-16-25-36-79)80-37-26-17-27-38-80)97(75-53-45-71(46-54-75)93(7,8)9)76-55-47-72(48-56-76)94(10,11)12/h13-64H,1-12H3. The van der Waals surface area contributed by atoms with Gasteiger partial charge in [0.1, 0.15) is 0 Å². The van der Waals surface area contributed by atoms with Gasteiger partial charge in [0.25, 0.3) is 0 Å². The van der Waals surface area contributed by atoms with Crippen molar-refractivity contribution < 1.29 is 0 Å². The molecule has 0 unspecified atom stereocenters. The Kier molecular flexibility index (Phi) is 16.4. The van der Waals surface area contributed by atoms with Crippen LogP contribution in [0.4, 0.5) is 51.2 Å². The van der Waals surface area contributed by atoms with Crippen LogP contribution >= 0.6 is 0 Å². The summed E-state index contributed by atoms with van der Waals surface area (Å²) in [5.41, 5.74) is 26.0. The molecule has 0 N–H and O–H groups in total. The number of anilines is 9. The van der Waals surface area contributed by atoms with Gasteiger partial charge in [-0.3, -0.25) is 0 Å². The van der Waals surface area contributed by atoms with Crippen molar-refractivity contribution in [3.05, 3.63) is 338 Å². The Morgan fingerprint density at radius 1 is 0.273 bits per heavy atom. The third-order valence-corrected chi connectivity index (χ3v) is 25.7. The highest BCUT2D eigenvalue weighted by Gasteiger charge is 2.54. The van der Waals surface area contributed by atoms with Gasteiger partial charge in [-0.2, -0.15) is 0 Å². The first kappa shape index (κ1) is 64.5. The van der Waals surface area contributed by atoms with Crippen molar-refractivity contribution in [3.8, 4) is 33.4 Å². The molecule has 99 heavy (non-hydrogen) atoms. The maximum absolute atomic E-state index is 3.46. The lowest BCUT2D eigenvalue weighted by Crippen LogP contribution is -2.87. The fraction of sp³-hybridized carbons (Fsp3) is 0.170. The molecule has 0 atom stereocenters. The minimum atomic E-state index is -3.46. The molecule has 0 saturated carbocycles. The van der Waals surface area contributed by atoms with Gasteiger partial charge in [-0.1, -0.05) is 325 Å². The summed E-state index contributed by atoms with van der Waals surface area (Å²) < 4.78 is 0. The monoisotopic (exact) mass is 1300 g/mol. The Morgan fingerprint density at radius 2 is 0.616 bits per heavy atom. The molecule has 2 aliphatic heterocycles. The summed E-state index contributed by atoms with van der Waals surface area (Å²) in [5.74, 6) is 0. The van der Waals surface area contributed by atoms with E-state index in [4.69, 9.17) is 0 Å². The summed E-state index contributed by atoms with van der Waals surface area (Å²) >= 11 is 0. The largest absolute Gasteiger partial charge is 0.311 e. The number of rotatable bonds is 12. The third kappa shape index (κ3) is 11.7. The van der Waals surface area contributed by atoms with Crippen LogP contribution in [-0.4, -0.2) is 14.8 Å². The molecule has 13 aromatic rings. The van der Waals surface area contributed by atoms with Gasteiger partial charge in [-0.15, -0.1) is 0 Å². The number of hydrogen-bond acceptors (Lipinski definition) is 3. The van der Waals surface area contributed by atoms with Crippen LogP contribution in [0.2, 0.25) is 0 Å². The Morgan fingerprint density at radius 3 is 1.00 bits per heavy atom. The predicted octanol–water partition coefficient (Wildman–Crippen LogP) is 20.8. The van der Waals surface area contributed by atoms with Crippen LogP contribution in [0.25, 0.3) is 33.4 Å². The maximum Gasteiger partial charge on any atom is 0.246 e. The summed E-state index contributed by atoms with van der Waals surface area (Å²) in [6.07, 6.45) is 0. The Hall–Kier alpha value is -10.5. The molecule has 13 aromatic carbocycles. The van der Waals surface area contributed by atoms with E-state index in [0.717, 1.165) is 67.8 Å². The minimum Gasteiger partial charge on any atom is -0.311 e. The highest BCUT2D eigenvalue weighted by molar-refractivity contribution is 7.26. The van der Waals surface area contributed by atoms with E-state index in [1.807, 2.05) is 0 Å². The molecule has 5 heteroatoms. The smallest absolute Gasteiger partial charge is 0.246 e. The minimum absolute atomic E-state index is 0.0159. The summed E-state index contributed by atoms with van der Waals surface area (Å²) in [4.78, 5) is 7.72. The average Bonchev–Trinajstić information content (AvgIpc) is 0.673. The van der Waals surface area contributed by atoms with E-state index >= 15 is 0 Å². The molecule has 0 saturated heterocycles. The number of hydrogen-bond donors (Lipinski definition) is 0. The van der Waals surface area contributed by atoms with Gasteiger partial charge in [0.05, 0.1) is 5.69 Å². The van der Waals surface area contributed by atoms with Crippen molar-refractivity contribution in [3.63, 3.8) is 0 Å². The second-order valence-electron chi connectivity index (χ2n) is 31.4. The zero-order valence-electron chi connectivity index (χ0n) is 59.4. The number of para-hydroxylation sites is 1. The molecule has 2 heterocycles. The molecular formula is C94H88BN3Si. The first-order valence-corrected chi connectivity index (χ1v) is 37.3. The number of benzene rings is 13. The summed E-state index contributed by atoms with van der Waals surface area (Å²) in [6.45, 7) is 27.4. The molecule has 2 aliphatic rings. The molecule has 0 bridgehead atoms. The first-order valence-electron chi connectivity index (χ1n) is 35.3. The Balaban J connectivity index is 1.10. The van der Waals surface area contributed by atoms with Crippen molar-refractivity contribution in [1.29, 1.82) is 0 Å². The van der Waals surface area contributed by atoms with E-state index in [0.29, 0.717) is 0 Å². The lowest BCUT2D eigenvalue weighted by atomic mass is 9.34. The van der Waals surface area contributed by atoms with Crippen LogP contribution < -0.4 is 51.8 Å². The second kappa shape index (κ2) is 25.1. The summed E-state index contributed by atoms with van der Waals surface area (Å²) in [6, 6.07) is 121. The molecule has 0 amide bonds. The van der Waals surface area contributed by atoms with Crippen molar-refractivity contribution >= 4 is 103 Å². The van der Waals surface area contributed by atoms with E-state index in [1.165, 1.54) is 76.2 Å². The molecule has 0 spiro atoms. The summed E-state index contributed by atoms with van der Waals surface area (Å²) in [7, 11) is -3.46. The van der Waals surface area contributed by atoms with E-state index in [2.05, 4.69) is 413 Å². The Labute approximate surface area is 589 Å². The van der Waals surface area contributed by atoms with Gasteiger partial charge < -0.3 is 14.7 Å². The molecule has 486 valence electrons. The highest BCUT2D eigenvalue weighted by Crippen LogP contribution is 2.50. The van der Waals surface area contributed by atoms with Crippen LogP contribution in [0.5, 0.6) is 0 Å². The van der Waals surface area contributed by atoms with Gasteiger partial charge in [-0.25, -0.2) is 0 Å². The number of fused-ring (bicyclic) bond motifs is 4. The topological polar surface area (TPSA) is 9.72 Å². The van der Waals surface area contributed by atoms with Gasteiger partial charge in [0, 0.05) is 56.6 Å². The van der Waals surface area contributed by atoms with Gasteiger partial charge in [0.2, 0.25) is 6.71 Å². The van der Waals surface area contributed by atoms with E-state index in [-0.39, 0.29) is 28.4 Å². The van der Waals surface area contributed by atoms with Crippen LogP contribution in [-0.2, 0) is 21.7 Å². The average molecular weight is 1300 g/mol. The highest BCUT2D eigenvalue weighted by atomic mass is 28.3. The van der Waals surface area contributed by atoms with Crippen molar-refractivity contribution in [2.24, 2.45) is 0 Å². The molecule has 3 nitrogen and oxygen atoms in total. The quantitative estimate of drug-likeness (QED) is 0.113. The van der Waals surface area contributed by atoms with E-state index in [9.17, 15) is 0 Å². The maximum atomic E-state index is 2.72. The van der Waals surface area contributed by atoms with Crippen molar-refractivity contribution in [2.45, 2.75) is 105 Å². The molecule has 15 rings (SSSR count). The molecule has 0 aromatic heterocycles. The molecular weight excluding hydrogens is 1210 g/mol. The SMILES string of the molecule is CC(C)(C)c1ccc(N(c2ccc(C(C)(C)C)cc2)c2ccc3c(c2)N(c2c(-c4ccccc4)cccc2-c2ccccc2)c2cc(-c4ccccc4)cc4c2B3c2ccc(N(c3ccc(C(C)(C)C)cc3)c3ccc(C(C)(C)C)cc3)cc2[Si]4(c2ccccc2)c2ccccc2)cc1. The van der Waals surface area contributed by atoms with Crippen LogP contribution in [0.1, 0.15) is 105 Å². The van der Waals surface area contributed by atoms with E-state index < -0.39 is 8.07 Å².